The van der Waals surface area contributed by atoms with Gasteiger partial charge in [0.05, 0.1) is 19.8 Å². The summed E-state index contributed by atoms with van der Waals surface area (Å²) < 4.78 is 43.6. The fraction of sp³-hybridized carbons (Fsp3) is 0.344. The Morgan fingerprint density at radius 1 is 1.00 bits per heavy atom. The lowest BCUT2D eigenvalue weighted by Gasteiger charge is -2.34. The second kappa shape index (κ2) is 13.4. The van der Waals surface area contributed by atoms with Crippen molar-refractivity contribution in [3.05, 3.63) is 95.1 Å². The van der Waals surface area contributed by atoms with E-state index in [9.17, 15) is 23.6 Å². The smallest absolute Gasteiger partial charge is 0.303 e. The summed E-state index contributed by atoms with van der Waals surface area (Å²) in [6.07, 6.45) is 1.45. The average molecular weight is 563 g/mol. The first-order chi connectivity index (χ1) is 19.8. The highest BCUT2D eigenvalue weighted by Gasteiger charge is 2.45. The lowest BCUT2D eigenvalue weighted by Crippen LogP contribution is -2.37. The van der Waals surface area contributed by atoms with Crippen LogP contribution in [0.4, 0.5) is 8.78 Å². The summed E-state index contributed by atoms with van der Waals surface area (Å²) in [4.78, 5) is 25.5. The van der Waals surface area contributed by atoms with Gasteiger partial charge in [-0.05, 0) is 78.9 Å². The van der Waals surface area contributed by atoms with Crippen molar-refractivity contribution in [1.82, 2.24) is 4.90 Å². The van der Waals surface area contributed by atoms with E-state index in [1.165, 1.54) is 38.3 Å². The number of esters is 1. The molecule has 214 valence electrons. The normalized spacial score (nSPS) is 15.2. The van der Waals surface area contributed by atoms with Crippen molar-refractivity contribution in [2.45, 2.75) is 25.2 Å². The van der Waals surface area contributed by atoms with Crippen LogP contribution in [0.2, 0.25) is 0 Å². The SMILES string of the molecule is COc1cc(C(=O)COC(C)=O)ccc1OCCCN1CCC(C(C#N)(c2ccc(F)cc2)c2ccc(F)cc2)C1. The maximum Gasteiger partial charge on any atom is 0.303 e. The van der Waals surface area contributed by atoms with Crippen LogP contribution in [0.5, 0.6) is 11.5 Å². The number of halogens is 2. The molecule has 1 fully saturated rings. The molecule has 1 heterocycles. The predicted octanol–water partition coefficient (Wildman–Crippen LogP) is 5.32. The van der Waals surface area contributed by atoms with Gasteiger partial charge in [-0.1, -0.05) is 24.3 Å². The third-order valence-corrected chi connectivity index (χ3v) is 7.43. The van der Waals surface area contributed by atoms with E-state index in [2.05, 4.69) is 11.0 Å². The van der Waals surface area contributed by atoms with Crippen LogP contribution >= 0.6 is 0 Å². The number of hydrogen-bond donors (Lipinski definition) is 0. The van der Waals surface area contributed by atoms with Gasteiger partial charge in [0.1, 0.15) is 17.0 Å². The number of rotatable bonds is 12. The van der Waals surface area contributed by atoms with Gasteiger partial charge >= 0.3 is 5.97 Å². The summed E-state index contributed by atoms with van der Waals surface area (Å²) in [5.41, 5.74) is 0.672. The molecule has 1 saturated heterocycles. The number of carbonyl (C=O) groups excluding carboxylic acids is 2. The highest BCUT2D eigenvalue weighted by molar-refractivity contribution is 5.98. The second-order valence-electron chi connectivity index (χ2n) is 9.99. The summed E-state index contributed by atoms with van der Waals surface area (Å²) in [6.45, 7) is 3.45. The van der Waals surface area contributed by atoms with Gasteiger partial charge in [-0.3, -0.25) is 9.59 Å². The molecule has 7 nitrogen and oxygen atoms in total. The summed E-state index contributed by atoms with van der Waals surface area (Å²) in [7, 11) is 1.48. The molecule has 3 aromatic carbocycles. The van der Waals surface area contributed by atoms with Crippen molar-refractivity contribution in [1.29, 1.82) is 5.26 Å². The van der Waals surface area contributed by atoms with Gasteiger partial charge in [-0.2, -0.15) is 5.26 Å². The molecule has 0 amide bonds. The van der Waals surface area contributed by atoms with E-state index in [0.29, 0.717) is 47.8 Å². The van der Waals surface area contributed by atoms with Gasteiger partial charge in [0, 0.05) is 25.6 Å². The fourth-order valence-electron chi connectivity index (χ4n) is 5.35. The highest BCUT2D eigenvalue weighted by atomic mass is 19.1. The van der Waals surface area contributed by atoms with Crippen molar-refractivity contribution in [2.24, 2.45) is 5.92 Å². The lowest BCUT2D eigenvalue weighted by molar-refractivity contribution is -0.139. The monoisotopic (exact) mass is 562 g/mol. The number of nitriles is 1. The van der Waals surface area contributed by atoms with Crippen LogP contribution in [0.25, 0.3) is 0 Å². The molecular weight excluding hydrogens is 530 g/mol. The number of methoxy groups -OCH3 is 1. The zero-order valence-electron chi connectivity index (χ0n) is 23.1. The number of hydrogen-bond acceptors (Lipinski definition) is 7. The van der Waals surface area contributed by atoms with Crippen LogP contribution in [0.3, 0.4) is 0 Å². The van der Waals surface area contributed by atoms with E-state index in [1.807, 2.05) is 0 Å². The number of carbonyl (C=O) groups is 2. The van der Waals surface area contributed by atoms with Gasteiger partial charge in [-0.25, -0.2) is 8.78 Å². The van der Waals surface area contributed by atoms with E-state index < -0.39 is 11.4 Å². The van der Waals surface area contributed by atoms with Gasteiger partial charge < -0.3 is 19.1 Å². The minimum absolute atomic E-state index is 0.0819. The van der Waals surface area contributed by atoms with Gasteiger partial charge in [0.15, 0.2) is 23.9 Å². The average Bonchev–Trinajstić information content (AvgIpc) is 3.45. The molecule has 1 unspecified atom stereocenters. The Balaban J connectivity index is 1.39. The number of ether oxygens (including phenoxy) is 3. The van der Waals surface area contributed by atoms with Crippen molar-refractivity contribution < 1.29 is 32.6 Å². The number of likely N-dealkylation sites (tertiary alicyclic amines) is 1. The Morgan fingerprint density at radius 2 is 1.63 bits per heavy atom. The largest absolute Gasteiger partial charge is 0.493 e. The number of ketones is 1. The van der Waals surface area contributed by atoms with Gasteiger partial charge in [-0.15, -0.1) is 0 Å². The molecule has 3 aromatic rings. The predicted molar refractivity (Wildman–Crippen MR) is 148 cm³/mol. The minimum atomic E-state index is -1.05. The Hall–Kier alpha value is -4.29. The molecule has 9 heteroatoms. The summed E-state index contributed by atoms with van der Waals surface area (Å²) in [5.74, 6) is -0.826. The Morgan fingerprint density at radius 3 is 2.20 bits per heavy atom. The number of nitrogens with zero attached hydrogens (tertiary/aromatic N) is 2. The van der Waals surface area contributed by atoms with Crippen molar-refractivity contribution >= 4 is 11.8 Å². The summed E-state index contributed by atoms with van der Waals surface area (Å²) >= 11 is 0. The molecular formula is C32H32F2N2O5. The standard InChI is InChI=1S/C32H32F2N2O5/c1-22(37)41-20-29(38)23-4-13-30(31(18-23)39-2)40-17-3-15-36-16-14-26(19-36)32(21-35,24-5-9-27(33)10-6-24)25-7-11-28(34)12-8-25/h4-13,18,26H,3,14-17,19-20H2,1-2H3. The molecule has 0 bridgehead atoms. The third-order valence-electron chi connectivity index (χ3n) is 7.43. The van der Waals surface area contributed by atoms with Crippen LogP contribution in [0.15, 0.2) is 66.7 Å². The molecule has 0 aromatic heterocycles. The summed E-state index contributed by atoms with van der Waals surface area (Å²) in [6, 6.07) is 19.3. The molecule has 0 spiro atoms. The van der Waals surface area contributed by atoms with E-state index in [1.54, 1.807) is 42.5 Å². The maximum atomic E-state index is 13.7. The molecule has 0 saturated carbocycles. The molecule has 0 aliphatic carbocycles. The minimum Gasteiger partial charge on any atom is -0.493 e. The Kier molecular flexibility index (Phi) is 9.69. The first kappa shape index (κ1) is 29.7. The summed E-state index contributed by atoms with van der Waals surface area (Å²) in [5, 5.41) is 10.5. The molecule has 4 rings (SSSR count). The number of benzene rings is 3. The van der Waals surface area contributed by atoms with E-state index in [-0.39, 0.29) is 29.9 Å². The van der Waals surface area contributed by atoms with E-state index in [0.717, 1.165) is 19.5 Å². The highest BCUT2D eigenvalue weighted by Crippen LogP contribution is 2.43. The number of Topliss-reactive ketones (excluding diaryl/α,β-unsaturated/α-hetero) is 1. The first-order valence-corrected chi connectivity index (χ1v) is 13.4. The first-order valence-electron chi connectivity index (χ1n) is 13.4. The lowest BCUT2D eigenvalue weighted by atomic mass is 9.66. The van der Waals surface area contributed by atoms with Crippen LogP contribution in [0.1, 0.15) is 41.3 Å². The topological polar surface area (TPSA) is 88.9 Å². The van der Waals surface area contributed by atoms with Crippen molar-refractivity contribution in [3.63, 3.8) is 0 Å². The van der Waals surface area contributed by atoms with Crippen molar-refractivity contribution in [3.8, 4) is 17.6 Å². The van der Waals surface area contributed by atoms with Crippen molar-refractivity contribution in [2.75, 3.05) is 40.0 Å². The maximum absolute atomic E-state index is 13.7. The van der Waals surface area contributed by atoms with Crippen LogP contribution in [-0.4, -0.2) is 56.6 Å². The molecule has 1 aliphatic rings. The fourth-order valence-corrected chi connectivity index (χ4v) is 5.35. The second-order valence-corrected chi connectivity index (χ2v) is 9.99. The Labute approximate surface area is 238 Å². The zero-order chi connectivity index (χ0) is 29.4. The van der Waals surface area contributed by atoms with Crippen LogP contribution in [-0.2, 0) is 14.9 Å². The Bertz CT molecular complexity index is 1360. The van der Waals surface area contributed by atoms with Gasteiger partial charge in [0.2, 0.25) is 0 Å². The molecule has 41 heavy (non-hydrogen) atoms. The van der Waals surface area contributed by atoms with Gasteiger partial charge in [0.25, 0.3) is 0 Å². The zero-order valence-corrected chi connectivity index (χ0v) is 23.1. The third kappa shape index (κ3) is 6.90. The quantitative estimate of drug-likeness (QED) is 0.168. The molecule has 1 aliphatic heterocycles. The van der Waals surface area contributed by atoms with Crippen LogP contribution < -0.4 is 9.47 Å². The molecule has 0 radical (unpaired) electrons. The van der Waals surface area contributed by atoms with E-state index >= 15 is 0 Å². The molecule has 1 atom stereocenters. The molecule has 0 N–H and O–H groups in total. The van der Waals surface area contributed by atoms with E-state index in [4.69, 9.17) is 14.2 Å². The van der Waals surface area contributed by atoms with Crippen LogP contribution in [0, 0.1) is 28.9 Å².